The summed E-state index contributed by atoms with van der Waals surface area (Å²) in [5.74, 6) is 1.74. The number of nitrogens with one attached hydrogen (secondary N) is 1. The number of methoxy groups -OCH3 is 1. The van der Waals surface area contributed by atoms with Gasteiger partial charge in [-0.15, -0.1) is 0 Å². The molecule has 0 aliphatic carbocycles. The molecule has 0 amide bonds. The van der Waals surface area contributed by atoms with Gasteiger partial charge in [-0.3, -0.25) is 0 Å². The number of anilines is 1. The summed E-state index contributed by atoms with van der Waals surface area (Å²) in [5.41, 5.74) is 0. The average molecular weight is 253 g/mol. The number of aromatic nitrogens is 2. The maximum atomic E-state index is 5.09. The van der Waals surface area contributed by atoms with Crippen LogP contribution in [-0.2, 0) is 11.3 Å². The zero-order chi connectivity index (χ0) is 13.4. The molecule has 1 N–H and O–H groups in total. The summed E-state index contributed by atoms with van der Waals surface area (Å²) >= 11 is 0. The van der Waals surface area contributed by atoms with Crippen molar-refractivity contribution in [2.75, 3.05) is 19.0 Å². The number of rotatable bonds is 9. The summed E-state index contributed by atoms with van der Waals surface area (Å²) in [4.78, 5) is 4.35. The number of ether oxygens (including phenoxy) is 1. The highest BCUT2D eigenvalue weighted by Crippen LogP contribution is 2.12. The Labute approximate surface area is 111 Å². The Morgan fingerprint density at radius 2 is 2.11 bits per heavy atom. The standard InChI is InChI=1S/C14H27N3O/c1-12(2)6-5-7-13(3)16-14-15-8-9-17(14)10-11-18-4/h8-9,12-13H,5-7,10-11H2,1-4H3,(H,15,16). The van der Waals surface area contributed by atoms with Gasteiger partial charge in [-0.1, -0.05) is 26.7 Å². The minimum atomic E-state index is 0.465. The van der Waals surface area contributed by atoms with Gasteiger partial charge in [0.2, 0.25) is 5.95 Å². The van der Waals surface area contributed by atoms with Crippen LogP contribution in [-0.4, -0.2) is 29.3 Å². The van der Waals surface area contributed by atoms with Gasteiger partial charge >= 0.3 is 0 Å². The van der Waals surface area contributed by atoms with Crippen LogP contribution >= 0.6 is 0 Å². The van der Waals surface area contributed by atoms with Gasteiger partial charge in [0.25, 0.3) is 0 Å². The van der Waals surface area contributed by atoms with Crippen LogP contribution in [0.15, 0.2) is 12.4 Å². The fraction of sp³-hybridized carbons (Fsp3) is 0.786. The third kappa shape index (κ3) is 5.54. The van der Waals surface area contributed by atoms with Crippen molar-refractivity contribution in [3.8, 4) is 0 Å². The Bertz CT molecular complexity index is 323. The van der Waals surface area contributed by atoms with Crippen molar-refractivity contribution in [1.29, 1.82) is 0 Å². The largest absolute Gasteiger partial charge is 0.383 e. The van der Waals surface area contributed by atoms with Gasteiger partial charge in [-0.2, -0.15) is 0 Å². The van der Waals surface area contributed by atoms with Crippen LogP contribution in [0.4, 0.5) is 5.95 Å². The minimum Gasteiger partial charge on any atom is -0.383 e. The average Bonchev–Trinajstić information content (AvgIpc) is 2.73. The lowest BCUT2D eigenvalue weighted by atomic mass is 10.0. The van der Waals surface area contributed by atoms with E-state index in [-0.39, 0.29) is 0 Å². The number of hydrogen-bond donors (Lipinski definition) is 1. The Balaban J connectivity index is 2.34. The highest BCUT2D eigenvalue weighted by atomic mass is 16.5. The van der Waals surface area contributed by atoms with E-state index in [9.17, 15) is 0 Å². The summed E-state index contributed by atoms with van der Waals surface area (Å²) in [6.45, 7) is 8.32. The third-order valence-electron chi connectivity index (χ3n) is 3.05. The molecule has 104 valence electrons. The normalized spacial score (nSPS) is 12.9. The van der Waals surface area contributed by atoms with Crippen molar-refractivity contribution in [1.82, 2.24) is 9.55 Å². The molecule has 0 saturated carbocycles. The van der Waals surface area contributed by atoms with E-state index < -0.39 is 0 Å². The quantitative estimate of drug-likeness (QED) is 0.735. The molecular formula is C14H27N3O. The molecule has 0 fully saturated rings. The molecule has 1 unspecified atom stereocenters. The molecule has 0 aliphatic rings. The SMILES string of the molecule is COCCn1ccnc1NC(C)CCCC(C)C. The lowest BCUT2D eigenvalue weighted by molar-refractivity contribution is 0.187. The minimum absolute atomic E-state index is 0.465. The molecule has 0 aromatic carbocycles. The number of imidazole rings is 1. The molecule has 0 saturated heterocycles. The van der Waals surface area contributed by atoms with Crippen LogP contribution in [0.25, 0.3) is 0 Å². The molecule has 1 aromatic rings. The summed E-state index contributed by atoms with van der Waals surface area (Å²) < 4.78 is 7.19. The first-order valence-corrected chi connectivity index (χ1v) is 6.90. The molecule has 0 bridgehead atoms. The van der Waals surface area contributed by atoms with Gasteiger partial charge in [-0.25, -0.2) is 4.98 Å². The van der Waals surface area contributed by atoms with E-state index in [1.54, 1.807) is 7.11 Å². The zero-order valence-electron chi connectivity index (χ0n) is 12.1. The molecule has 0 radical (unpaired) electrons. The highest BCUT2D eigenvalue weighted by Gasteiger charge is 2.07. The molecule has 0 aliphatic heterocycles. The molecule has 4 heteroatoms. The van der Waals surface area contributed by atoms with Crippen molar-refractivity contribution in [2.45, 2.75) is 52.6 Å². The third-order valence-corrected chi connectivity index (χ3v) is 3.05. The van der Waals surface area contributed by atoms with Crippen molar-refractivity contribution in [3.05, 3.63) is 12.4 Å². The summed E-state index contributed by atoms with van der Waals surface area (Å²) in [5, 5.41) is 3.47. The molecular weight excluding hydrogens is 226 g/mol. The zero-order valence-corrected chi connectivity index (χ0v) is 12.1. The van der Waals surface area contributed by atoms with Gasteiger partial charge in [0.15, 0.2) is 0 Å². The Kier molecular flexibility index (Phi) is 6.80. The predicted octanol–water partition coefficient (Wildman–Crippen LogP) is 3.16. The van der Waals surface area contributed by atoms with Crippen LogP contribution < -0.4 is 5.32 Å². The molecule has 18 heavy (non-hydrogen) atoms. The van der Waals surface area contributed by atoms with E-state index in [1.807, 2.05) is 12.4 Å². The summed E-state index contributed by atoms with van der Waals surface area (Å²) in [6.07, 6.45) is 7.57. The second kappa shape index (κ2) is 8.14. The van der Waals surface area contributed by atoms with Crippen LogP contribution in [0, 0.1) is 5.92 Å². The van der Waals surface area contributed by atoms with E-state index in [0.717, 1.165) is 18.4 Å². The molecule has 1 aromatic heterocycles. The van der Waals surface area contributed by atoms with Crippen LogP contribution in [0.3, 0.4) is 0 Å². The molecule has 4 nitrogen and oxygen atoms in total. The van der Waals surface area contributed by atoms with E-state index in [1.165, 1.54) is 19.3 Å². The first-order chi connectivity index (χ1) is 8.63. The maximum absolute atomic E-state index is 5.09. The van der Waals surface area contributed by atoms with Crippen molar-refractivity contribution in [3.63, 3.8) is 0 Å². The van der Waals surface area contributed by atoms with Gasteiger partial charge in [0.1, 0.15) is 0 Å². The van der Waals surface area contributed by atoms with Crippen molar-refractivity contribution < 1.29 is 4.74 Å². The van der Waals surface area contributed by atoms with E-state index in [2.05, 4.69) is 35.6 Å². The Hall–Kier alpha value is -1.03. The maximum Gasteiger partial charge on any atom is 0.203 e. The molecule has 1 atom stereocenters. The van der Waals surface area contributed by atoms with Crippen LogP contribution in [0.2, 0.25) is 0 Å². The topological polar surface area (TPSA) is 39.1 Å². The summed E-state index contributed by atoms with van der Waals surface area (Å²) in [7, 11) is 1.72. The van der Waals surface area contributed by atoms with Crippen LogP contribution in [0.1, 0.15) is 40.0 Å². The second-order valence-electron chi connectivity index (χ2n) is 5.31. The van der Waals surface area contributed by atoms with Gasteiger partial charge in [0, 0.05) is 32.1 Å². The number of hydrogen-bond acceptors (Lipinski definition) is 3. The van der Waals surface area contributed by atoms with Crippen LogP contribution in [0.5, 0.6) is 0 Å². The molecule has 1 rings (SSSR count). The molecule has 1 heterocycles. The Morgan fingerprint density at radius 3 is 2.78 bits per heavy atom. The fourth-order valence-corrected chi connectivity index (χ4v) is 1.94. The van der Waals surface area contributed by atoms with Gasteiger partial charge < -0.3 is 14.6 Å². The Morgan fingerprint density at radius 1 is 1.33 bits per heavy atom. The van der Waals surface area contributed by atoms with Gasteiger partial charge in [-0.05, 0) is 19.3 Å². The predicted molar refractivity (Wildman–Crippen MR) is 75.9 cm³/mol. The highest BCUT2D eigenvalue weighted by molar-refractivity contribution is 5.27. The summed E-state index contributed by atoms with van der Waals surface area (Å²) in [6, 6.07) is 0.465. The second-order valence-corrected chi connectivity index (χ2v) is 5.31. The lowest BCUT2D eigenvalue weighted by Crippen LogP contribution is -2.19. The smallest absolute Gasteiger partial charge is 0.203 e. The first-order valence-electron chi connectivity index (χ1n) is 6.90. The van der Waals surface area contributed by atoms with E-state index >= 15 is 0 Å². The monoisotopic (exact) mass is 253 g/mol. The number of nitrogens with zero attached hydrogens (tertiary/aromatic N) is 2. The van der Waals surface area contributed by atoms with Crippen molar-refractivity contribution >= 4 is 5.95 Å². The first kappa shape index (κ1) is 15.0. The lowest BCUT2D eigenvalue weighted by Gasteiger charge is -2.16. The van der Waals surface area contributed by atoms with Gasteiger partial charge in [0.05, 0.1) is 6.61 Å². The van der Waals surface area contributed by atoms with Crippen molar-refractivity contribution in [2.24, 2.45) is 5.92 Å². The van der Waals surface area contributed by atoms with E-state index in [0.29, 0.717) is 12.6 Å². The van der Waals surface area contributed by atoms with E-state index in [4.69, 9.17) is 4.74 Å². The molecule has 0 spiro atoms. The fourth-order valence-electron chi connectivity index (χ4n) is 1.94.